The Morgan fingerprint density at radius 1 is 1.13 bits per heavy atom. The molecule has 2 aromatic carbocycles. The van der Waals surface area contributed by atoms with Gasteiger partial charge in [-0.05, 0) is 68.9 Å². The molecule has 0 radical (unpaired) electrons. The van der Waals surface area contributed by atoms with Crippen LogP contribution in [0.4, 0.5) is 0 Å². The minimum absolute atomic E-state index is 0.179. The van der Waals surface area contributed by atoms with Crippen molar-refractivity contribution < 1.29 is 23.9 Å². The second-order valence-electron chi connectivity index (χ2n) is 10.8. The quantitative estimate of drug-likeness (QED) is 0.337. The number of primary amides is 1. The van der Waals surface area contributed by atoms with Crippen LogP contribution in [0.25, 0.3) is 10.9 Å². The Hall–Kier alpha value is -3.94. The minimum atomic E-state index is -0.962. The van der Waals surface area contributed by atoms with Crippen molar-refractivity contribution in [2.75, 3.05) is 6.61 Å². The fourth-order valence-electron chi connectivity index (χ4n) is 5.15. The Kier molecular flexibility index (Phi) is 8.53. The molecule has 8 nitrogen and oxygen atoms in total. The lowest BCUT2D eigenvalue weighted by Crippen LogP contribution is -2.46. The second-order valence-corrected chi connectivity index (χ2v) is 10.8. The summed E-state index contributed by atoms with van der Waals surface area (Å²) in [4.78, 5) is 42.5. The number of hydrogen-bond donors (Lipinski definition) is 2. The van der Waals surface area contributed by atoms with Gasteiger partial charge in [0.05, 0.1) is 23.5 Å². The molecule has 1 fully saturated rings. The van der Waals surface area contributed by atoms with Crippen LogP contribution >= 0.6 is 0 Å². The number of ether oxygens (including phenoxy) is 2. The molecule has 1 saturated carbocycles. The van der Waals surface area contributed by atoms with E-state index in [0.717, 1.165) is 27.7 Å². The maximum absolute atomic E-state index is 13.1. The molecule has 0 aliphatic heterocycles. The number of esters is 1. The van der Waals surface area contributed by atoms with E-state index in [1.54, 1.807) is 6.92 Å². The molecule has 2 amide bonds. The van der Waals surface area contributed by atoms with Crippen LogP contribution in [-0.2, 0) is 32.1 Å². The number of benzene rings is 2. The summed E-state index contributed by atoms with van der Waals surface area (Å²) < 4.78 is 11.4. The van der Waals surface area contributed by atoms with E-state index in [-0.39, 0.29) is 18.4 Å². The summed E-state index contributed by atoms with van der Waals surface area (Å²) in [5.74, 6) is -1.02. The number of pyridine rings is 1. The number of fused-ring (bicyclic) bond motifs is 1. The Labute approximate surface area is 229 Å². The summed E-state index contributed by atoms with van der Waals surface area (Å²) in [5.41, 5.74) is 8.36. The van der Waals surface area contributed by atoms with E-state index < -0.39 is 29.3 Å². The van der Waals surface area contributed by atoms with Gasteiger partial charge in [-0.1, -0.05) is 44.2 Å². The first-order valence-corrected chi connectivity index (χ1v) is 13.5. The standard InChI is InChI=1S/C31H37N3O5/c1-5-38-30(37)31(17-25(31)29(36)34-27(28(32)35)14-19(2)3)16-21-10-12-23(13-11-21)39-18-22-15-20(4)33-26-9-7-6-8-24(22)26/h6-13,15,19,25,27H,5,14,16-18H2,1-4H3,(H2,32,35)(H,34,36)/t25-,27+,31+/m1/s1. The zero-order chi connectivity index (χ0) is 28.2. The zero-order valence-electron chi connectivity index (χ0n) is 23.0. The number of aryl methyl sites for hydroxylation is 1. The first-order valence-electron chi connectivity index (χ1n) is 13.5. The van der Waals surface area contributed by atoms with Gasteiger partial charge in [-0.25, -0.2) is 0 Å². The highest BCUT2D eigenvalue weighted by molar-refractivity contribution is 5.96. The first kappa shape index (κ1) is 28.1. The molecular formula is C31H37N3O5. The molecule has 39 heavy (non-hydrogen) atoms. The van der Waals surface area contributed by atoms with Gasteiger partial charge in [-0.3, -0.25) is 19.4 Å². The molecule has 206 valence electrons. The number of hydrogen-bond acceptors (Lipinski definition) is 6. The predicted molar refractivity (Wildman–Crippen MR) is 149 cm³/mol. The van der Waals surface area contributed by atoms with E-state index in [1.807, 2.05) is 75.4 Å². The minimum Gasteiger partial charge on any atom is -0.489 e. The van der Waals surface area contributed by atoms with Crippen molar-refractivity contribution in [2.45, 2.75) is 59.6 Å². The number of nitrogens with two attached hydrogens (primary N) is 1. The second kappa shape index (κ2) is 11.8. The third-order valence-corrected chi connectivity index (χ3v) is 7.21. The molecule has 4 rings (SSSR count). The van der Waals surface area contributed by atoms with E-state index in [1.165, 1.54) is 0 Å². The van der Waals surface area contributed by atoms with Crippen LogP contribution in [0.15, 0.2) is 54.6 Å². The maximum Gasteiger partial charge on any atom is 0.313 e. The summed E-state index contributed by atoms with van der Waals surface area (Å²) in [6.07, 6.45) is 1.15. The van der Waals surface area contributed by atoms with E-state index in [4.69, 9.17) is 15.2 Å². The molecular weight excluding hydrogens is 494 g/mol. The highest BCUT2D eigenvalue weighted by atomic mass is 16.5. The number of rotatable bonds is 12. The molecule has 1 aliphatic carbocycles. The molecule has 3 aromatic rings. The third kappa shape index (κ3) is 6.56. The number of para-hydroxylation sites is 1. The lowest BCUT2D eigenvalue weighted by atomic mass is 9.93. The van der Waals surface area contributed by atoms with Gasteiger partial charge in [0.2, 0.25) is 11.8 Å². The van der Waals surface area contributed by atoms with Crippen molar-refractivity contribution in [3.63, 3.8) is 0 Å². The summed E-state index contributed by atoms with van der Waals surface area (Å²) in [6.45, 7) is 8.24. The third-order valence-electron chi connectivity index (χ3n) is 7.21. The van der Waals surface area contributed by atoms with Crippen molar-refractivity contribution in [1.29, 1.82) is 0 Å². The van der Waals surface area contributed by atoms with Gasteiger partial charge in [0.25, 0.3) is 0 Å². The number of nitrogens with one attached hydrogen (secondary N) is 1. The number of aromatic nitrogens is 1. The first-order chi connectivity index (χ1) is 18.6. The van der Waals surface area contributed by atoms with Crippen LogP contribution in [0, 0.1) is 24.2 Å². The maximum atomic E-state index is 13.1. The SMILES string of the molecule is CCOC(=O)[C@@]1(Cc2ccc(OCc3cc(C)nc4ccccc34)cc2)C[C@@H]1C(=O)N[C@@H](CC(C)C)C(N)=O. The van der Waals surface area contributed by atoms with Crippen molar-refractivity contribution in [3.8, 4) is 5.75 Å². The molecule has 0 unspecified atom stereocenters. The van der Waals surface area contributed by atoms with E-state index in [9.17, 15) is 14.4 Å². The molecule has 3 atom stereocenters. The predicted octanol–water partition coefficient (Wildman–Crippen LogP) is 4.25. The molecule has 1 heterocycles. The van der Waals surface area contributed by atoms with Crippen molar-refractivity contribution in [1.82, 2.24) is 10.3 Å². The average molecular weight is 532 g/mol. The van der Waals surface area contributed by atoms with Gasteiger partial charge < -0.3 is 20.5 Å². The number of carbonyl (C=O) groups is 3. The van der Waals surface area contributed by atoms with Crippen LogP contribution in [0.1, 0.15) is 50.4 Å². The van der Waals surface area contributed by atoms with Gasteiger partial charge in [0, 0.05) is 16.6 Å². The lowest BCUT2D eigenvalue weighted by molar-refractivity contribution is -0.151. The van der Waals surface area contributed by atoms with Gasteiger partial charge in [0.15, 0.2) is 0 Å². The molecule has 0 spiro atoms. The van der Waals surface area contributed by atoms with Gasteiger partial charge in [-0.15, -0.1) is 0 Å². The van der Waals surface area contributed by atoms with Crippen molar-refractivity contribution in [2.24, 2.45) is 23.0 Å². The molecule has 1 aromatic heterocycles. The van der Waals surface area contributed by atoms with Crippen LogP contribution in [0.5, 0.6) is 5.75 Å². The van der Waals surface area contributed by atoms with Crippen molar-refractivity contribution >= 4 is 28.7 Å². The number of carbonyl (C=O) groups excluding carboxylic acids is 3. The fourth-order valence-corrected chi connectivity index (χ4v) is 5.15. The highest BCUT2D eigenvalue weighted by Gasteiger charge is 2.64. The largest absolute Gasteiger partial charge is 0.489 e. The lowest BCUT2D eigenvalue weighted by Gasteiger charge is -2.20. The van der Waals surface area contributed by atoms with E-state index in [2.05, 4.69) is 10.3 Å². The van der Waals surface area contributed by atoms with E-state index in [0.29, 0.717) is 31.6 Å². The number of nitrogens with zero attached hydrogens (tertiary/aromatic N) is 1. The summed E-state index contributed by atoms with van der Waals surface area (Å²) >= 11 is 0. The van der Waals surface area contributed by atoms with Gasteiger partial charge in [0.1, 0.15) is 18.4 Å². The van der Waals surface area contributed by atoms with Gasteiger partial charge in [-0.2, -0.15) is 0 Å². The summed E-state index contributed by atoms with van der Waals surface area (Å²) in [5, 5.41) is 3.82. The Morgan fingerprint density at radius 2 is 1.85 bits per heavy atom. The molecule has 0 bridgehead atoms. The fraction of sp³-hybridized carbons (Fsp3) is 0.419. The molecule has 3 N–H and O–H groups in total. The normalized spacial score (nSPS) is 18.9. The number of amides is 2. The van der Waals surface area contributed by atoms with Crippen LogP contribution in [0.2, 0.25) is 0 Å². The summed E-state index contributed by atoms with van der Waals surface area (Å²) in [6, 6.07) is 16.8. The monoisotopic (exact) mass is 531 g/mol. The van der Waals surface area contributed by atoms with Crippen LogP contribution in [-0.4, -0.2) is 35.4 Å². The van der Waals surface area contributed by atoms with E-state index >= 15 is 0 Å². The van der Waals surface area contributed by atoms with Crippen molar-refractivity contribution in [3.05, 3.63) is 71.4 Å². The molecule has 8 heteroatoms. The Balaban J connectivity index is 1.44. The topological polar surface area (TPSA) is 121 Å². The smallest absolute Gasteiger partial charge is 0.313 e. The van der Waals surface area contributed by atoms with Crippen LogP contribution < -0.4 is 15.8 Å². The molecule has 1 aliphatic rings. The summed E-state index contributed by atoms with van der Waals surface area (Å²) in [7, 11) is 0. The highest BCUT2D eigenvalue weighted by Crippen LogP contribution is 2.56. The average Bonchev–Trinajstić information content (AvgIpc) is 3.63. The molecule has 0 saturated heterocycles. The Bertz CT molecular complexity index is 1350. The Morgan fingerprint density at radius 3 is 2.51 bits per heavy atom. The zero-order valence-corrected chi connectivity index (χ0v) is 23.0. The van der Waals surface area contributed by atoms with Crippen LogP contribution in [0.3, 0.4) is 0 Å². The van der Waals surface area contributed by atoms with Gasteiger partial charge >= 0.3 is 5.97 Å².